The van der Waals surface area contributed by atoms with Crippen LogP contribution < -0.4 is 5.32 Å². The fourth-order valence-corrected chi connectivity index (χ4v) is 2.58. The van der Waals surface area contributed by atoms with Crippen molar-refractivity contribution in [1.82, 2.24) is 9.78 Å². The highest BCUT2D eigenvalue weighted by molar-refractivity contribution is 5.85. The zero-order chi connectivity index (χ0) is 13.9. The topological polar surface area (TPSA) is 29.9 Å². The Morgan fingerprint density at radius 1 is 1.10 bits per heavy atom. The second kappa shape index (κ2) is 5.37. The summed E-state index contributed by atoms with van der Waals surface area (Å²) in [4.78, 5) is 0. The van der Waals surface area contributed by atoms with E-state index in [2.05, 4.69) is 59.8 Å². The van der Waals surface area contributed by atoms with Gasteiger partial charge in [0.25, 0.3) is 0 Å². The number of hydrogen-bond donors (Lipinski definition) is 1. The van der Waals surface area contributed by atoms with Crippen LogP contribution in [0.1, 0.15) is 18.2 Å². The Bertz CT molecular complexity index is 723. The fraction of sp³-hybridized carbons (Fsp3) is 0.235. The molecule has 3 heteroatoms. The third-order valence-corrected chi connectivity index (χ3v) is 3.59. The van der Waals surface area contributed by atoms with E-state index in [4.69, 9.17) is 0 Å². The number of fused-ring (bicyclic) bond motifs is 1. The van der Waals surface area contributed by atoms with Crippen molar-refractivity contribution < 1.29 is 0 Å². The van der Waals surface area contributed by atoms with Crippen molar-refractivity contribution in [2.75, 3.05) is 5.32 Å². The molecule has 102 valence electrons. The Kier molecular flexibility index (Phi) is 3.42. The van der Waals surface area contributed by atoms with Crippen molar-refractivity contribution in [3.05, 3.63) is 59.9 Å². The zero-order valence-electron chi connectivity index (χ0n) is 11.9. The molecule has 0 aliphatic rings. The van der Waals surface area contributed by atoms with Gasteiger partial charge in [-0.3, -0.25) is 4.68 Å². The Hall–Kier alpha value is -2.29. The van der Waals surface area contributed by atoms with Gasteiger partial charge in [-0.2, -0.15) is 5.10 Å². The summed E-state index contributed by atoms with van der Waals surface area (Å²) in [6.07, 6.45) is 2.99. The van der Waals surface area contributed by atoms with E-state index >= 15 is 0 Å². The quantitative estimate of drug-likeness (QED) is 0.778. The largest absolute Gasteiger partial charge is 0.378 e. The first-order chi connectivity index (χ1) is 9.78. The molecule has 0 fully saturated rings. The lowest BCUT2D eigenvalue weighted by atomic mass is 10.0. The van der Waals surface area contributed by atoms with Crippen molar-refractivity contribution in [3.8, 4) is 0 Å². The number of benzene rings is 2. The first-order valence-corrected chi connectivity index (χ1v) is 7.01. The summed E-state index contributed by atoms with van der Waals surface area (Å²) in [6, 6.07) is 14.9. The summed E-state index contributed by atoms with van der Waals surface area (Å²) >= 11 is 0. The van der Waals surface area contributed by atoms with Crippen molar-refractivity contribution in [2.24, 2.45) is 7.05 Å². The van der Waals surface area contributed by atoms with E-state index in [0.717, 1.165) is 24.3 Å². The first-order valence-electron chi connectivity index (χ1n) is 7.01. The van der Waals surface area contributed by atoms with Gasteiger partial charge in [0.15, 0.2) is 0 Å². The highest BCUT2D eigenvalue weighted by Gasteiger charge is 2.06. The summed E-state index contributed by atoms with van der Waals surface area (Å²) in [6.45, 7) is 2.95. The number of aryl methyl sites for hydroxylation is 2. The average molecular weight is 265 g/mol. The maximum atomic E-state index is 4.46. The predicted octanol–water partition coefficient (Wildman–Crippen LogP) is 3.75. The maximum absolute atomic E-state index is 4.46. The average Bonchev–Trinajstić information content (AvgIpc) is 2.85. The minimum Gasteiger partial charge on any atom is -0.378 e. The van der Waals surface area contributed by atoms with Crippen LogP contribution in [0.25, 0.3) is 10.8 Å². The van der Waals surface area contributed by atoms with Gasteiger partial charge in [-0.05, 0) is 22.8 Å². The molecule has 1 heterocycles. The van der Waals surface area contributed by atoms with Gasteiger partial charge in [-0.25, -0.2) is 0 Å². The Balaban J connectivity index is 1.86. The molecule has 0 unspecified atom stereocenters. The second-order valence-electron chi connectivity index (χ2n) is 5.01. The standard InChI is InChI=1S/C17H19N3/c1-3-16-17(12-20(2)19-16)18-11-14-9-6-8-13-7-4-5-10-15(13)14/h4-10,12,18H,3,11H2,1-2H3. The zero-order valence-corrected chi connectivity index (χ0v) is 11.9. The summed E-state index contributed by atoms with van der Waals surface area (Å²) in [5.41, 5.74) is 3.56. The first kappa shape index (κ1) is 12.7. The van der Waals surface area contributed by atoms with Crippen LogP contribution in [-0.4, -0.2) is 9.78 Å². The van der Waals surface area contributed by atoms with E-state index in [1.165, 1.54) is 16.3 Å². The molecule has 3 nitrogen and oxygen atoms in total. The monoisotopic (exact) mass is 265 g/mol. The fourth-order valence-electron chi connectivity index (χ4n) is 2.58. The maximum Gasteiger partial charge on any atom is 0.0853 e. The molecule has 20 heavy (non-hydrogen) atoms. The van der Waals surface area contributed by atoms with Crippen LogP contribution in [0.3, 0.4) is 0 Å². The highest BCUT2D eigenvalue weighted by Crippen LogP contribution is 2.21. The SMILES string of the molecule is CCc1nn(C)cc1NCc1cccc2ccccc12. The summed E-state index contributed by atoms with van der Waals surface area (Å²) in [5, 5.41) is 10.6. The molecule has 1 aromatic heterocycles. The number of anilines is 1. The second-order valence-corrected chi connectivity index (χ2v) is 5.01. The molecule has 0 saturated carbocycles. The summed E-state index contributed by atoms with van der Waals surface area (Å²) in [5.74, 6) is 0. The summed E-state index contributed by atoms with van der Waals surface area (Å²) in [7, 11) is 1.96. The molecule has 3 aromatic rings. The molecule has 0 aliphatic heterocycles. The van der Waals surface area contributed by atoms with Crippen LogP contribution >= 0.6 is 0 Å². The van der Waals surface area contributed by atoms with Gasteiger partial charge in [-0.1, -0.05) is 49.4 Å². The highest BCUT2D eigenvalue weighted by atomic mass is 15.3. The van der Waals surface area contributed by atoms with Crippen molar-refractivity contribution in [1.29, 1.82) is 0 Å². The number of hydrogen-bond acceptors (Lipinski definition) is 2. The molecular formula is C17H19N3. The molecule has 0 bridgehead atoms. The molecule has 3 rings (SSSR count). The van der Waals surface area contributed by atoms with Gasteiger partial charge < -0.3 is 5.32 Å². The van der Waals surface area contributed by atoms with Crippen LogP contribution in [0.4, 0.5) is 5.69 Å². The predicted molar refractivity (Wildman–Crippen MR) is 83.9 cm³/mol. The van der Waals surface area contributed by atoms with Gasteiger partial charge in [0.1, 0.15) is 0 Å². The molecule has 1 N–H and O–H groups in total. The molecule has 0 saturated heterocycles. The smallest absolute Gasteiger partial charge is 0.0853 e. The molecule has 0 amide bonds. The normalized spacial score (nSPS) is 10.9. The number of nitrogens with zero attached hydrogens (tertiary/aromatic N) is 2. The Morgan fingerprint density at radius 3 is 2.75 bits per heavy atom. The summed E-state index contributed by atoms with van der Waals surface area (Å²) < 4.78 is 1.87. The lowest BCUT2D eigenvalue weighted by Gasteiger charge is -2.09. The van der Waals surface area contributed by atoms with E-state index in [1.54, 1.807) is 0 Å². The van der Waals surface area contributed by atoms with E-state index in [-0.39, 0.29) is 0 Å². The van der Waals surface area contributed by atoms with Crippen LogP contribution in [0.15, 0.2) is 48.7 Å². The number of rotatable bonds is 4. The lowest BCUT2D eigenvalue weighted by molar-refractivity contribution is 0.746. The molecule has 2 aromatic carbocycles. The molecular weight excluding hydrogens is 246 g/mol. The Morgan fingerprint density at radius 2 is 1.90 bits per heavy atom. The minimum absolute atomic E-state index is 0.819. The third kappa shape index (κ3) is 2.39. The molecule has 0 atom stereocenters. The van der Waals surface area contributed by atoms with Crippen LogP contribution in [0.5, 0.6) is 0 Å². The van der Waals surface area contributed by atoms with Gasteiger partial charge in [0.05, 0.1) is 11.4 Å². The van der Waals surface area contributed by atoms with Gasteiger partial charge in [0, 0.05) is 19.8 Å². The van der Waals surface area contributed by atoms with E-state index in [9.17, 15) is 0 Å². The van der Waals surface area contributed by atoms with Crippen molar-refractivity contribution in [2.45, 2.75) is 19.9 Å². The van der Waals surface area contributed by atoms with Crippen molar-refractivity contribution in [3.63, 3.8) is 0 Å². The Labute approximate surface area is 119 Å². The van der Waals surface area contributed by atoms with Crippen LogP contribution in [0.2, 0.25) is 0 Å². The minimum atomic E-state index is 0.819. The van der Waals surface area contributed by atoms with E-state index in [0.29, 0.717) is 0 Å². The molecule has 0 spiro atoms. The van der Waals surface area contributed by atoms with Gasteiger partial charge >= 0.3 is 0 Å². The molecule has 0 aliphatic carbocycles. The van der Waals surface area contributed by atoms with Gasteiger partial charge in [0.2, 0.25) is 0 Å². The lowest BCUT2D eigenvalue weighted by Crippen LogP contribution is -2.01. The molecule has 0 radical (unpaired) electrons. The number of nitrogens with one attached hydrogen (secondary N) is 1. The third-order valence-electron chi connectivity index (χ3n) is 3.59. The van der Waals surface area contributed by atoms with Gasteiger partial charge in [-0.15, -0.1) is 0 Å². The van der Waals surface area contributed by atoms with Crippen LogP contribution in [-0.2, 0) is 20.0 Å². The van der Waals surface area contributed by atoms with E-state index in [1.807, 2.05) is 17.9 Å². The van der Waals surface area contributed by atoms with Crippen LogP contribution in [0, 0.1) is 0 Å². The van der Waals surface area contributed by atoms with E-state index < -0.39 is 0 Å². The number of aromatic nitrogens is 2. The van der Waals surface area contributed by atoms with Crippen molar-refractivity contribution >= 4 is 16.5 Å².